The number of urea groups is 1. The van der Waals surface area contributed by atoms with Crippen molar-refractivity contribution in [3.8, 4) is 6.07 Å². The summed E-state index contributed by atoms with van der Waals surface area (Å²) in [5.41, 5.74) is 4.69. The number of hydrogen-bond acceptors (Lipinski definition) is 9. The van der Waals surface area contributed by atoms with Gasteiger partial charge in [0.05, 0.1) is 41.4 Å². The van der Waals surface area contributed by atoms with E-state index in [1.165, 1.54) is 35.3 Å². The molecule has 0 unspecified atom stereocenters. The van der Waals surface area contributed by atoms with E-state index in [1.807, 2.05) is 36.5 Å². The maximum atomic E-state index is 13.1. The molecule has 0 radical (unpaired) electrons. The van der Waals surface area contributed by atoms with Crippen LogP contribution in [0.4, 0.5) is 16.2 Å². The molecule has 3 fully saturated rings. The second-order valence-electron chi connectivity index (χ2n) is 14.7. The molecule has 1 saturated carbocycles. The molecule has 14 heteroatoms. The van der Waals surface area contributed by atoms with Gasteiger partial charge >= 0.3 is 6.03 Å². The molecule has 2 saturated heterocycles. The van der Waals surface area contributed by atoms with Crippen LogP contribution in [0.3, 0.4) is 0 Å². The Bertz CT molecular complexity index is 2470. The zero-order valence-corrected chi connectivity index (χ0v) is 29.7. The third-order valence-corrected chi connectivity index (χ3v) is 11.4. The first-order valence-electron chi connectivity index (χ1n) is 18.6. The molecule has 9 rings (SSSR count). The van der Waals surface area contributed by atoms with Crippen LogP contribution in [0.1, 0.15) is 78.4 Å². The molecule has 3 aliphatic rings. The predicted molar refractivity (Wildman–Crippen MR) is 202 cm³/mol. The van der Waals surface area contributed by atoms with Crippen LogP contribution in [0.2, 0.25) is 0 Å². The first-order chi connectivity index (χ1) is 26.4. The van der Waals surface area contributed by atoms with Crippen molar-refractivity contribution in [2.75, 3.05) is 36.4 Å². The second kappa shape index (κ2) is 14.0. The van der Waals surface area contributed by atoms with E-state index >= 15 is 0 Å². The standard InChI is InChI=1S/C40H39N11O3/c41-17-26-18-43-38-34(20-44-51(38)23-26)39(53)45-29-6-9-35-28(16-29)24-50(47-35)30-7-4-25(5-8-30)22-48-13-10-27(11-14-48)31-2-1-3-32-33(31)19-42-21-36(32)49-15-12-37(52)46-40(49)54/h1-3,6,9,16,18-21,23-25,27,30H,4-5,7-8,10-15,22H2,(H,45,53)(H,46,52,54)/t25-,30-. The lowest BCUT2D eigenvalue weighted by Gasteiger charge is -2.37. The Labute approximate surface area is 310 Å². The van der Waals surface area contributed by atoms with E-state index in [1.54, 1.807) is 17.3 Å². The summed E-state index contributed by atoms with van der Waals surface area (Å²) >= 11 is 0. The minimum atomic E-state index is -0.388. The Morgan fingerprint density at radius 2 is 1.80 bits per heavy atom. The van der Waals surface area contributed by atoms with E-state index in [2.05, 4.69) is 53.6 Å². The van der Waals surface area contributed by atoms with Crippen LogP contribution >= 0.6 is 0 Å². The average molecular weight is 722 g/mol. The number of carbonyl (C=O) groups is 3. The van der Waals surface area contributed by atoms with Crippen molar-refractivity contribution in [3.63, 3.8) is 0 Å². The van der Waals surface area contributed by atoms with E-state index in [0.29, 0.717) is 46.9 Å². The summed E-state index contributed by atoms with van der Waals surface area (Å²) in [6, 6.07) is 14.1. The molecule has 4 aromatic heterocycles. The molecule has 2 aromatic carbocycles. The summed E-state index contributed by atoms with van der Waals surface area (Å²) in [6.45, 7) is 3.60. The van der Waals surface area contributed by atoms with Gasteiger partial charge in [-0.3, -0.25) is 29.5 Å². The summed E-state index contributed by atoms with van der Waals surface area (Å²) in [6.07, 6.45) is 17.1. The molecule has 1 aliphatic carbocycles. The van der Waals surface area contributed by atoms with Crippen LogP contribution in [0.25, 0.3) is 27.3 Å². The highest BCUT2D eigenvalue weighted by Crippen LogP contribution is 2.38. The fraction of sp³-hybridized carbons (Fsp3) is 0.350. The summed E-state index contributed by atoms with van der Waals surface area (Å²) in [5.74, 6) is 0.535. The van der Waals surface area contributed by atoms with Crippen LogP contribution < -0.4 is 15.5 Å². The van der Waals surface area contributed by atoms with E-state index in [0.717, 1.165) is 72.7 Å². The molecular formula is C40H39N11O3. The Balaban J connectivity index is 0.788. The van der Waals surface area contributed by atoms with Crippen molar-refractivity contribution in [2.24, 2.45) is 5.92 Å². The minimum absolute atomic E-state index is 0.241. The van der Waals surface area contributed by atoms with E-state index in [9.17, 15) is 14.4 Å². The number of benzene rings is 2. The van der Waals surface area contributed by atoms with Crippen molar-refractivity contribution >= 4 is 56.5 Å². The molecule has 2 N–H and O–H groups in total. The van der Waals surface area contributed by atoms with Gasteiger partial charge in [0.25, 0.3) is 5.91 Å². The number of nitrogens with zero attached hydrogens (tertiary/aromatic N) is 9. The Kier molecular flexibility index (Phi) is 8.70. The van der Waals surface area contributed by atoms with Gasteiger partial charge in [0.1, 0.15) is 11.6 Å². The fourth-order valence-corrected chi connectivity index (χ4v) is 8.55. The number of carbonyl (C=O) groups excluding carboxylic acids is 3. The maximum Gasteiger partial charge on any atom is 0.328 e. The van der Waals surface area contributed by atoms with Crippen LogP contribution in [-0.4, -0.2) is 78.3 Å². The van der Waals surface area contributed by atoms with Crippen molar-refractivity contribution in [3.05, 3.63) is 90.3 Å². The molecule has 2 aliphatic heterocycles. The number of aromatic nitrogens is 6. The quantitative estimate of drug-likeness (QED) is 0.207. The van der Waals surface area contributed by atoms with Crippen molar-refractivity contribution in [2.45, 2.75) is 56.9 Å². The summed E-state index contributed by atoms with van der Waals surface area (Å²) in [7, 11) is 0. The largest absolute Gasteiger partial charge is 0.328 e. The average Bonchev–Trinajstić information content (AvgIpc) is 3.82. The second-order valence-corrected chi connectivity index (χ2v) is 14.7. The number of likely N-dealkylation sites (tertiary alicyclic amines) is 1. The minimum Gasteiger partial charge on any atom is -0.322 e. The van der Waals surface area contributed by atoms with Gasteiger partial charge in [-0.25, -0.2) is 14.3 Å². The number of amides is 4. The lowest BCUT2D eigenvalue weighted by molar-refractivity contribution is -0.120. The van der Waals surface area contributed by atoms with Crippen LogP contribution in [0.5, 0.6) is 0 Å². The van der Waals surface area contributed by atoms with Gasteiger partial charge in [-0.2, -0.15) is 15.5 Å². The molecule has 0 spiro atoms. The lowest BCUT2D eigenvalue weighted by atomic mass is 9.84. The topological polar surface area (TPSA) is 166 Å². The van der Waals surface area contributed by atoms with Crippen LogP contribution in [0.15, 0.2) is 73.6 Å². The fourth-order valence-electron chi connectivity index (χ4n) is 8.55. The summed E-state index contributed by atoms with van der Waals surface area (Å²) in [4.78, 5) is 50.5. The third kappa shape index (κ3) is 6.40. The molecule has 0 atom stereocenters. The van der Waals surface area contributed by atoms with Crippen molar-refractivity contribution in [1.29, 1.82) is 5.26 Å². The SMILES string of the molecule is N#Cc1cnc2c(C(=O)Nc3ccc4nn([C@H]5CC[C@H](CN6CCC(c7cccc8c(N9CCC(=O)NC9=O)cncc78)CC6)CC5)cc4c3)cnn2c1. The number of piperidine rings is 1. The molecule has 4 amide bonds. The highest BCUT2D eigenvalue weighted by molar-refractivity contribution is 6.10. The number of hydrogen-bond donors (Lipinski definition) is 2. The smallest absolute Gasteiger partial charge is 0.322 e. The lowest BCUT2D eigenvalue weighted by Crippen LogP contribution is -2.49. The number of nitrogens with one attached hydrogen (secondary N) is 2. The molecule has 54 heavy (non-hydrogen) atoms. The molecule has 272 valence electrons. The molecular weight excluding hydrogens is 683 g/mol. The number of anilines is 2. The Hall–Kier alpha value is -6.20. The van der Waals surface area contributed by atoms with Crippen LogP contribution in [0, 0.1) is 17.2 Å². The number of pyridine rings is 1. The monoisotopic (exact) mass is 721 g/mol. The van der Waals surface area contributed by atoms with Gasteiger partial charge < -0.3 is 10.2 Å². The van der Waals surface area contributed by atoms with Crippen LogP contribution in [-0.2, 0) is 4.79 Å². The molecule has 6 heterocycles. The first kappa shape index (κ1) is 33.6. The van der Waals surface area contributed by atoms with E-state index in [-0.39, 0.29) is 24.3 Å². The highest BCUT2D eigenvalue weighted by atomic mass is 16.2. The Morgan fingerprint density at radius 3 is 2.61 bits per heavy atom. The highest BCUT2D eigenvalue weighted by Gasteiger charge is 2.30. The van der Waals surface area contributed by atoms with Gasteiger partial charge in [0.2, 0.25) is 5.91 Å². The van der Waals surface area contributed by atoms with E-state index < -0.39 is 0 Å². The predicted octanol–water partition coefficient (Wildman–Crippen LogP) is 5.81. The number of imide groups is 1. The van der Waals surface area contributed by atoms with Gasteiger partial charge in [0, 0.05) is 59.9 Å². The van der Waals surface area contributed by atoms with Gasteiger partial charge in [-0.05, 0) is 87.2 Å². The van der Waals surface area contributed by atoms with Crippen molar-refractivity contribution < 1.29 is 14.4 Å². The zero-order valence-electron chi connectivity index (χ0n) is 29.7. The van der Waals surface area contributed by atoms with E-state index in [4.69, 9.17) is 10.4 Å². The molecule has 14 nitrogen and oxygen atoms in total. The molecule has 6 aromatic rings. The number of nitriles is 1. The van der Waals surface area contributed by atoms with Gasteiger partial charge in [0.15, 0.2) is 5.65 Å². The summed E-state index contributed by atoms with van der Waals surface area (Å²) < 4.78 is 3.55. The van der Waals surface area contributed by atoms with Crippen molar-refractivity contribution in [1.82, 2.24) is 39.6 Å². The maximum absolute atomic E-state index is 13.1. The zero-order chi connectivity index (χ0) is 36.8. The van der Waals surface area contributed by atoms with Gasteiger partial charge in [-0.1, -0.05) is 18.2 Å². The first-order valence-corrected chi connectivity index (χ1v) is 18.6. The normalized spacial score (nSPS) is 20.0. The van der Waals surface area contributed by atoms with Gasteiger partial charge in [-0.15, -0.1) is 0 Å². The summed E-state index contributed by atoms with van der Waals surface area (Å²) in [5, 5.41) is 26.7. The molecule has 0 bridgehead atoms. The number of rotatable bonds is 7. The third-order valence-electron chi connectivity index (χ3n) is 11.4. The Morgan fingerprint density at radius 1 is 0.944 bits per heavy atom. The number of fused-ring (bicyclic) bond motifs is 3.